The fourth-order valence-corrected chi connectivity index (χ4v) is 4.35. The molecule has 31 heavy (non-hydrogen) atoms. The van der Waals surface area contributed by atoms with Crippen LogP contribution in [0.2, 0.25) is 0 Å². The Kier molecular flexibility index (Phi) is 5.46. The lowest BCUT2D eigenvalue weighted by molar-refractivity contribution is 0.0972. The second kappa shape index (κ2) is 8.55. The van der Waals surface area contributed by atoms with E-state index in [2.05, 4.69) is 33.8 Å². The first kappa shape index (κ1) is 19.8. The van der Waals surface area contributed by atoms with Gasteiger partial charge in [0.15, 0.2) is 17.3 Å². The number of piperazine rings is 1. The van der Waals surface area contributed by atoms with Gasteiger partial charge in [-0.2, -0.15) is 4.98 Å². The van der Waals surface area contributed by atoms with Crippen molar-refractivity contribution in [2.75, 3.05) is 49.7 Å². The van der Waals surface area contributed by atoms with Crippen molar-refractivity contribution >= 4 is 17.5 Å². The van der Waals surface area contributed by atoms with Gasteiger partial charge in [0, 0.05) is 45.7 Å². The van der Waals surface area contributed by atoms with E-state index in [9.17, 15) is 4.79 Å². The van der Waals surface area contributed by atoms with Crippen molar-refractivity contribution in [3.05, 3.63) is 47.7 Å². The van der Waals surface area contributed by atoms with Gasteiger partial charge in [-0.1, -0.05) is 12.1 Å². The lowest BCUT2D eigenvalue weighted by Gasteiger charge is -2.35. The maximum Gasteiger partial charge on any atom is 0.231 e. The van der Waals surface area contributed by atoms with Crippen LogP contribution < -0.4 is 19.7 Å². The van der Waals surface area contributed by atoms with Gasteiger partial charge < -0.3 is 19.7 Å². The molecule has 1 aliphatic carbocycles. The average Bonchev–Trinajstić information content (AvgIpc) is 3.26. The topological polar surface area (TPSA) is 79.8 Å². The van der Waals surface area contributed by atoms with Crippen LogP contribution >= 0.6 is 0 Å². The summed E-state index contributed by atoms with van der Waals surface area (Å²) in [6, 6.07) is 6.14. The number of benzene rings is 1. The van der Waals surface area contributed by atoms with Crippen LogP contribution in [0.1, 0.15) is 34.5 Å². The highest BCUT2D eigenvalue weighted by atomic mass is 16.7. The van der Waals surface area contributed by atoms with E-state index in [1.807, 2.05) is 6.07 Å². The predicted molar refractivity (Wildman–Crippen MR) is 118 cm³/mol. The number of hydrogen-bond acceptors (Lipinski definition) is 8. The van der Waals surface area contributed by atoms with E-state index >= 15 is 0 Å². The Morgan fingerprint density at radius 3 is 2.77 bits per heavy atom. The number of anilines is 2. The van der Waals surface area contributed by atoms with Gasteiger partial charge in [-0.05, 0) is 30.5 Å². The molecule has 0 spiro atoms. The SMILES string of the molecule is C=CCNc1nc(N2CCN(Cc3ccc4c(c3)OCO4)CC2)nc2c1C(=O)CCC2. The summed E-state index contributed by atoms with van der Waals surface area (Å²) in [6.45, 7) is 9.03. The number of carbonyl (C=O) groups excluding carboxylic acids is 1. The van der Waals surface area contributed by atoms with Crippen molar-refractivity contribution in [1.29, 1.82) is 0 Å². The second-order valence-corrected chi connectivity index (χ2v) is 8.09. The number of Topliss-reactive ketones (excluding diaryl/α,β-unsaturated/α-hetero) is 1. The fourth-order valence-electron chi connectivity index (χ4n) is 4.35. The average molecular weight is 422 g/mol. The van der Waals surface area contributed by atoms with Crippen molar-refractivity contribution in [3.63, 3.8) is 0 Å². The van der Waals surface area contributed by atoms with Crippen LogP contribution in [-0.2, 0) is 13.0 Å². The van der Waals surface area contributed by atoms with Crippen LogP contribution in [-0.4, -0.2) is 60.2 Å². The lowest BCUT2D eigenvalue weighted by Crippen LogP contribution is -2.46. The molecule has 0 saturated carbocycles. The van der Waals surface area contributed by atoms with Gasteiger partial charge in [-0.25, -0.2) is 4.98 Å². The number of aryl methyl sites for hydroxylation is 1. The lowest BCUT2D eigenvalue weighted by atomic mass is 9.95. The van der Waals surface area contributed by atoms with E-state index in [1.54, 1.807) is 6.08 Å². The molecule has 0 radical (unpaired) electrons. The number of hydrogen-bond donors (Lipinski definition) is 1. The highest BCUT2D eigenvalue weighted by molar-refractivity contribution is 6.02. The Labute approximate surface area is 181 Å². The van der Waals surface area contributed by atoms with E-state index in [4.69, 9.17) is 19.4 Å². The monoisotopic (exact) mass is 421 g/mol. The Morgan fingerprint density at radius 2 is 1.94 bits per heavy atom. The molecule has 1 saturated heterocycles. The Hall–Kier alpha value is -3.13. The molecule has 3 heterocycles. The third kappa shape index (κ3) is 4.07. The number of nitrogens with one attached hydrogen (secondary N) is 1. The molecule has 3 aliphatic rings. The molecule has 2 aliphatic heterocycles. The highest BCUT2D eigenvalue weighted by Crippen LogP contribution is 2.33. The largest absolute Gasteiger partial charge is 0.454 e. The summed E-state index contributed by atoms with van der Waals surface area (Å²) in [6.07, 6.45) is 4.02. The maximum atomic E-state index is 12.5. The van der Waals surface area contributed by atoms with Gasteiger partial charge in [0.2, 0.25) is 12.7 Å². The number of ketones is 1. The molecule has 162 valence electrons. The first-order valence-electron chi connectivity index (χ1n) is 10.9. The van der Waals surface area contributed by atoms with Crippen molar-refractivity contribution in [2.24, 2.45) is 0 Å². The minimum atomic E-state index is 0.132. The summed E-state index contributed by atoms with van der Waals surface area (Å²) in [4.78, 5) is 26.6. The quantitative estimate of drug-likeness (QED) is 0.713. The standard InChI is InChI=1S/C23H27N5O3/c1-2-8-24-22-21-17(4-3-5-18(21)29)25-23(26-22)28-11-9-27(10-12-28)14-16-6-7-19-20(13-16)31-15-30-19/h2,6-7,13H,1,3-5,8-12,14-15H2,(H,24,25,26). The summed E-state index contributed by atoms with van der Waals surface area (Å²) in [5.41, 5.74) is 2.76. The van der Waals surface area contributed by atoms with Crippen LogP contribution in [0.5, 0.6) is 11.5 Å². The Balaban J connectivity index is 1.28. The van der Waals surface area contributed by atoms with Gasteiger partial charge in [-0.15, -0.1) is 6.58 Å². The summed E-state index contributed by atoms with van der Waals surface area (Å²) < 4.78 is 10.9. The van der Waals surface area contributed by atoms with Crippen LogP contribution in [0.4, 0.5) is 11.8 Å². The van der Waals surface area contributed by atoms with Gasteiger partial charge in [0.25, 0.3) is 0 Å². The first-order chi connectivity index (χ1) is 15.2. The second-order valence-electron chi connectivity index (χ2n) is 8.09. The van der Waals surface area contributed by atoms with Crippen LogP contribution in [0.15, 0.2) is 30.9 Å². The molecule has 1 aromatic heterocycles. The number of ether oxygens (including phenoxy) is 2. The molecule has 1 N–H and O–H groups in total. The molecule has 8 nitrogen and oxygen atoms in total. The number of rotatable bonds is 6. The molecule has 0 amide bonds. The van der Waals surface area contributed by atoms with Crippen molar-refractivity contribution in [3.8, 4) is 11.5 Å². The Morgan fingerprint density at radius 1 is 1.10 bits per heavy atom. The van der Waals surface area contributed by atoms with Crippen LogP contribution in [0.3, 0.4) is 0 Å². The fraction of sp³-hybridized carbons (Fsp3) is 0.435. The molecule has 1 fully saturated rings. The first-order valence-corrected chi connectivity index (χ1v) is 10.9. The molecule has 5 rings (SSSR count). The third-order valence-corrected chi connectivity index (χ3v) is 5.98. The molecule has 2 aromatic rings. The van der Waals surface area contributed by atoms with Gasteiger partial charge in [0.1, 0.15) is 5.82 Å². The normalized spacial score (nSPS) is 18.1. The smallest absolute Gasteiger partial charge is 0.231 e. The molecule has 8 heteroatoms. The number of carbonyl (C=O) groups is 1. The third-order valence-electron chi connectivity index (χ3n) is 5.98. The summed E-state index contributed by atoms with van der Waals surface area (Å²) >= 11 is 0. The number of aromatic nitrogens is 2. The molecular weight excluding hydrogens is 394 g/mol. The molecule has 0 unspecified atom stereocenters. The van der Waals surface area contributed by atoms with Crippen molar-refractivity contribution in [1.82, 2.24) is 14.9 Å². The van der Waals surface area contributed by atoms with Gasteiger partial charge in [0.05, 0.1) is 11.3 Å². The van der Waals surface area contributed by atoms with Gasteiger partial charge in [-0.3, -0.25) is 9.69 Å². The van der Waals surface area contributed by atoms with E-state index < -0.39 is 0 Å². The van der Waals surface area contributed by atoms with E-state index in [-0.39, 0.29) is 5.78 Å². The Bertz CT molecular complexity index is 1000. The van der Waals surface area contributed by atoms with Crippen LogP contribution in [0.25, 0.3) is 0 Å². The molecule has 0 atom stereocenters. The van der Waals surface area contributed by atoms with Gasteiger partial charge >= 0.3 is 0 Å². The van der Waals surface area contributed by atoms with E-state index in [1.165, 1.54) is 5.56 Å². The molecular formula is C23H27N5O3. The summed E-state index contributed by atoms with van der Waals surface area (Å²) in [7, 11) is 0. The predicted octanol–water partition coefficient (Wildman–Crippen LogP) is 2.64. The number of nitrogens with zero attached hydrogens (tertiary/aromatic N) is 4. The zero-order valence-corrected chi connectivity index (χ0v) is 17.6. The number of fused-ring (bicyclic) bond motifs is 2. The molecule has 1 aromatic carbocycles. The van der Waals surface area contributed by atoms with Crippen LogP contribution in [0, 0.1) is 0 Å². The van der Waals surface area contributed by atoms with Crippen molar-refractivity contribution < 1.29 is 14.3 Å². The zero-order valence-electron chi connectivity index (χ0n) is 17.6. The highest BCUT2D eigenvalue weighted by Gasteiger charge is 2.27. The minimum Gasteiger partial charge on any atom is -0.454 e. The summed E-state index contributed by atoms with van der Waals surface area (Å²) in [5.74, 6) is 3.13. The zero-order chi connectivity index (χ0) is 21.2. The van der Waals surface area contributed by atoms with Crippen molar-refractivity contribution in [2.45, 2.75) is 25.8 Å². The van der Waals surface area contributed by atoms with E-state index in [0.717, 1.165) is 62.8 Å². The maximum absolute atomic E-state index is 12.5. The minimum absolute atomic E-state index is 0.132. The molecule has 0 bridgehead atoms. The summed E-state index contributed by atoms with van der Waals surface area (Å²) in [5, 5.41) is 3.25. The van der Waals surface area contributed by atoms with E-state index in [0.29, 0.717) is 37.1 Å².